The Bertz CT molecular complexity index is 485. The van der Waals surface area contributed by atoms with Crippen LogP contribution in [-0.2, 0) is 4.74 Å². The molecule has 0 aromatic heterocycles. The highest BCUT2D eigenvalue weighted by atomic mass is 16.6. The van der Waals surface area contributed by atoms with Crippen LogP contribution in [0, 0.1) is 11.3 Å². The molecule has 2 atom stereocenters. The average Bonchev–Trinajstić information content (AvgIpc) is 2.83. The Morgan fingerprint density at radius 2 is 2.25 bits per heavy atom. The van der Waals surface area contributed by atoms with Crippen molar-refractivity contribution >= 4 is 0 Å². The molecule has 106 valence electrons. The summed E-state index contributed by atoms with van der Waals surface area (Å²) in [6, 6.07) is 12.1. The fourth-order valence-electron chi connectivity index (χ4n) is 3.28. The zero-order valence-electron chi connectivity index (χ0n) is 11.6. The molecule has 2 heterocycles. The minimum absolute atomic E-state index is 0.103. The SMILES string of the molecule is N#CCN1CCCC2(CC(Oc3ccccc3)CO2)C1. The van der Waals surface area contributed by atoms with Gasteiger partial charge in [0.15, 0.2) is 0 Å². The zero-order valence-corrected chi connectivity index (χ0v) is 11.6. The first-order valence-corrected chi connectivity index (χ1v) is 7.25. The van der Waals surface area contributed by atoms with Crippen molar-refractivity contribution in [2.24, 2.45) is 0 Å². The Hall–Kier alpha value is -1.57. The summed E-state index contributed by atoms with van der Waals surface area (Å²) < 4.78 is 12.1. The van der Waals surface area contributed by atoms with Gasteiger partial charge in [-0.2, -0.15) is 5.26 Å². The first kappa shape index (κ1) is 13.4. The minimum Gasteiger partial charge on any atom is -0.488 e. The molecule has 3 rings (SSSR count). The topological polar surface area (TPSA) is 45.5 Å². The Morgan fingerprint density at radius 1 is 1.40 bits per heavy atom. The van der Waals surface area contributed by atoms with Crippen LogP contribution < -0.4 is 4.74 Å². The molecule has 0 bridgehead atoms. The lowest BCUT2D eigenvalue weighted by Gasteiger charge is -2.38. The second-order valence-corrected chi connectivity index (χ2v) is 5.72. The Kier molecular flexibility index (Phi) is 3.90. The van der Waals surface area contributed by atoms with E-state index < -0.39 is 0 Å². The summed E-state index contributed by atoms with van der Waals surface area (Å²) in [7, 11) is 0. The van der Waals surface area contributed by atoms with Gasteiger partial charge in [-0.1, -0.05) is 18.2 Å². The van der Waals surface area contributed by atoms with E-state index >= 15 is 0 Å². The van der Waals surface area contributed by atoms with Crippen LogP contribution in [0.15, 0.2) is 30.3 Å². The lowest BCUT2D eigenvalue weighted by molar-refractivity contribution is -0.0488. The van der Waals surface area contributed by atoms with E-state index in [1.165, 1.54) is 0 Å². The summed E-state index contributed by atoms with van der Waals surface area (Å²) in [4.78, 5) is 2.19. The molecule has 0 aliphatic carbocycles. The summed E-state index contributed by atoms with van der Waals surface area (Å²) in [5.74, 6) is 0.905. The number of nitrogens with zero attached hydrogens (tertiary/aromatic N) is 2. The molecule has 2 aliphatic heterocycles. The third-order valence-electron chi connectivity index (χ3n) is 4.13. The summed E-state index contributed by atoms with van der Waals surface area (Å²) >= 11 is 0. The fraction of sp³-hybridized carbons (Fsp3) is 0.562. The van der Waals surface area contributed by atoms with Crippen molar-refractivity contribution in [1.82, 2.24) is 4.90 Å². The van der Waals surface area contributed by atoms with Gasteiger partial charge < -0.3 is 9.47 Å². The summed E-state index contributed by atoms with van der Waals surface area (Å²) in [5, 5.41) is 8.84. The second-order valence-electron chi connectivity index (χ2n) is 5.72. The lowest BCUT2D eigenvalue weighted by atomic mass is 9.89. The average molecular weight is 272 g/mol. The van der Waals surface area contributed by atoms with E-state index in [-0.39, 0.29) is 11.7 Å². The van der Waals surface area contributed by atoms with Gasteiger partial charge in [0.2, 0.25) is 0 Å². The number of para-hydroxylation sites is 1. The van der Waals surface area contributed by atoms with Crippen molar-refractivity contribution in [3.8, 4) is 11.8 Å². The van der Waals surface area contributed by atoms with Gasteiger partial charge in [0, 0.05) is 13.0 Å². The Labute approximate surface area is 119 Å². The highest BCUT2D eigenvalue weighted by Gasteiger charge is 2.44. The maximum Gasteiger partial charge on any atom is 0.125 e. The summed E-state index contributed by atoms with van der Waals surface area (Å²) in [6.45, 7) is 3.00. The van der Waals surface area contributed by atoms with Crippen LogP contribution in [0.3, 0.4) is 0 Å². The standard InChI is InChI=1S/C16H20N2O2/c17-8-10-18-9-4-7-16(13-18)11-15(12-19-16)20-14-5-2-1-3-6-14/h1-3,5-6,15H,4,7,9-13H2. The van der Waals surface area contributed by atoms with E-state index in [0.717, 1.165) is 38.1 Å². The molecule has 2 unspecified atom stereocenters. The lowest BCUT2D eigenvalue weighted by Crippen LogP contribution is -2.48. The molecular formula is C16H20N2O2. The summed E-state index contributed by atoms with van der Waals surface area (Å²) in [5.41, 5.74) is -0.103. The number of benzene rings is 1. The van der Waals surface area contributed by atoms with E-state index in [2.05, 4.69) is 11.0 Å². The van der Waals surface area contributed by atoms with Crippen molar-refractivity contribution < 1.29 is 9.47 Å². The quantitative estimate of drug-likeness (QED) is 0.791. The zero-order chi connectivity index (χ0) is 13.8. The molecule has 1 spiro atoms. The van der Waals surface area contributed by atoms with Gasteiger partial charge in [-0.05, 0) is 31.5 Å². The molecule has 0 saturated carbocycles. The molecule has 0 N–H and O–H groups in total. The number of ether oxygens (including phenoxy) is 2. The maximum absolute atomic E-state index is 8.84. The summed E-state index contributed by atoms with van der Waals surface area (Å²) in [6.07, 6.45) is 3.21. The monoisotopic (exact) mass is 272 g/mol. The van der Waals surface area contributed by atoms with Crippen LogP contribution in [0.4, 0.5) is 0 Å². The van der Waals surface area contributed by atoms with Gasteiger partial charge in [-0.15, -0.1) is 0 Å². The molecule has 1 aromatic carbocycles. The number of rotatable bonds is 3. The first-order chi connectivity index (χ1) is 9.80. The smallest absolute Gasteiger partial charge is 0.125 e. The van der Waals surface area contributed by atoms with Crippen molar-refractivity contribution in [3.63, 3.8) is 0 Å². The van der Waals surface area contributed by atoms with Crippen LogP contribution in [-0.4, -0.2) is 42.8 Å². The van der Waals surface area contributed by atoms with E-state index in [1.807, 2.05) is 30.3 Å². The molecule has 2 saturated heterocycles. The van der Waals surface area contributed by atoms with Crippen molar-refractivity contribution in [2.45, 2.75) is 31.0 Å². The van der Waals surface area contributed by atoms with Crippen LogP contribution >= 0.6 is 0 Å². The van der Waals surface area contributed by atoms with Crippen LogP contribution in [0.2, 0.25) is 0 Å². The Morgan fingerprint density at radius 3 is 3.05 bits per heavy atom. The minimum atomic E-state index is -0.103. The van der Waals surface area contributed by atoms with E-state index in [9.17, 15) is 0 Å². The van der Waals surface area contributed by atoms with Gasteiger partial charge in [0.25, 0.3) is 0 Å². The normalized spacial score (nSPS) is 30.2. The predicted molar refractivity (Wildman–Crippen MR) is 75.4 cm³/mol. The molecule has 0 radical (unpaired) electrons. The molecule has 2 fully saturated rings. The molecule has 2 aliphatic rings. The van der Waals surface area contributed by atoms with Gasteiger partial charge in [-0.25, -0.2) is 0 Å². The number of likely N-dealkylation sites (tertiary alicyclic amines) is 1. The highest BCUT2D eigenvalue weighted by molar-refractivity contribution is 5.21. The van der Waals surface area contributed by atoms with Crippen molar-refractivity contribution in [1.29, 1.82) is 5.26 Å². The molecule has 1 aromatic rings. The third kappa shape index (κ3) is 2.95. The third-order valence-corrected chi connectivity index (χ3v) is 4.13. The van der Waals surface area contributed by atoms with Crippen molar-refractivity contribution in [2.75, 3.05) is 26.2 Å². The van der Waals surface area contributed by atoms with Gasteiger partial charge >= 0.3 is 0 Å². The van der Waals surface area contributed by atoms with Crippen LogP contribution in [0.25, 0.3) is 0 Å². The highest BCUT2D eigenvalue weighted by Crippen LogP contribution is 2.36. The van der Waals surface area contributed by atoms with Crippen molar-refractivity contribution in [3.05, 3.63) is 30.3 Å². The van der Waals surface area contributed by atoms with Gasteiger partial charge in [0.05, 0.1) is 24.8 Å². The van der Waals surface area contributed by atoms with Crippen LogP contribution in [0.1, 0.15) is 19.3 Å². The molecular weight excluding hydrogens is 252 g/mol. The Balaban J connectivity index is 1.60. The molecule has 20 heavy (non-hydrogen) atoms. The molecule has 4 heteroatoms. The van der Waals surface area contributed by atoms with Gasteiger partial charge in [0.1, 0.15) is 11.9 Å². The second kappa shape index (κ2) is 5.82. The predicted octanol–water partition coefficient (Wildman–Crippen LogP) is 2.21. The van der Waals surface area contributed by atoms with E-state index in [0.29, 0.717) is 13.2 Å². The number of hydrogen-bond donors (Lipinski definition) is 0. The largest absolute Gasteiger partial charge is 0.488 e. The van der Waals surface area contributed by atoms with E-state index in [4.69, 9.17) is 14.7 Å². The van der Waals surface area contributed by atoms with E-state index in [1.54, 1.807) is 0 Å². The van der Waals surface area contributed by atoms with Gasteiger partial charge in [-0.3, -0.25) is 4.90 Å². The van der Waals surface area contributed by atoms with Crippen LogP contribution in [0.5, 0.6) is 5.75 Å². The fourth-order valence-corrected chi connectivity index (χ4v) is 3.28. The molecule has 4 nitrogen and oxygen atoms in total. The molecule has 0 amide bonds. The number of nitriles is 1. The maximum atomic E-state index is 8.84. The number of piperidine rings is 1. The number of hydrogen-bond acceptors (Lipinski definition) is 4. The first-order valence-electron chi connectivity index (χ1n) is 7.25.